The van der Waals surface area contributed by atoms with Crippen LogP contribution in [0.3, 0.4) is 0 Å². The largest absolute Gasteiger partial charge is 0.478 e. The molecular weight excluding hydrogens is 885 g/mol. The molecule has 5 amide bonds. The molecule has 0 radical (unpaired) electrons. The van der Waals surface area contributed by atoms with E-state index in [1.807, 2.05) is 6.92 Å². The maximum Gasteiger partial charge on any atom is 0.353 e. The third kappa shape index (κ3) is 8.06. The third-order valence-corrected chi connectivity index (χ3v) is 16.2. The van der Waals surface area contributed by atoms with Crippen LogP contribution in [0.2, 0.25) is 0 Å². The molecule has 19 nitrogen and oxygen atoms in total. The molecule has 21 heteroatoms. The Bertz CT molecular complexity index is 2480. The van der Waals surface area contributed by atoms with Gasteiger partial charge in [-0.2, -0.15) is 0 Å². The molecule has 344 valence electrons. The van der Waals surface area contributed by atoms with E-state index in [1.54, 1.807) is 13.0 Å². The normalized spacial score (nSPS) is 30.1. The van der Waals surface area contributed by atoms with Gasteiger partial charge in [0, 0.05) is 56.6 Å². The van der Waals surface area contributed by atoms with E-state index in [0.29, 0.717) is 28.5 Å². The zero-order valence-corrected chi connectivity index (χ0v) is 37.2. The highest BCUT2D eigenvalue weighted by atomic mass is 32.2. The Balaban J connectivity index is 1.10. The van der Waals surface area contributed by atoms with Crippen LogP contribution in [0.4, 0.5) is 11.4 Å². The topological polar surface area (TPSA) is 284 Å². The number of β-lactam (4-membered cyclic amide) rings is 2. The van der Waals surface area contributed by atoms with Gasteiger partial charge in [0.25, 0.3) is 5.91 Å². The number of carboxylic acid groups (broad SMARTS) is 3. The number of carbonyl (C=O) groups excluding carboxylic acids is 5. The highest BCUT2D eigenvalue weighted by molar-refractivity contribution is 8.04. The molecule has 2 aromatic carbocycles. The number of hydrogen-bond acceptors (Lipinski definition) is 13. The molecule has 4 fully saturated rings. The van der Waals surface area contributed by atoms with Crippen LogP contribution >= 0.6 is 23.5 Å². The molecule has 2 aromatic rings. The maximum absolute atomic E-state index is 15.3. The van der Waals surface area contributed by atoms with Crippen molar-refractivity contribution in [1.29, 1.82) is 0 Å². The first-order valence-corrected chi connectivity index (χ1v) is 22.9. The number of carbonyl (C=O) groups is 8. The molecule has 6 heterocycles. The molecule has 12 atom stereocenters. The molecule has 0 aliphatic carbocycles. The highest BCUT2D eigenvalue weighted by Crippen LogP contribution is 2.55. The van der Waals surface area contributed by atoms with E-state index in [-0.39, 0.29) is 46.4 Å². The van der Waals surface area contributed by atoms with Gasteiger partial charge in [0.15, 0.2) is 0 Å². The molecule has 0 saturated carbocycles. The quantitative estimate of drug-likeness (QED) is 0.126. The van der Waals surface area contributed by atoms with Crippen LogP contribution in [0.15, 0.2) is 69.7 Å². The smallest absolute Gasteiger partial charge is 0.353 e. The number of anilines is 2. The number of hydrogen-bond donors (Lipinski definition) is 8. The van der Waals surface area contributed by atoms with Crippen LogP contribution in [0.25, 0.3) is 0 Å². The van der Waals surface area contributed by atoms with Gasteiger partial charge in [-0.15, -0.1) is 23.5 Å². The maximum atomic E-state index is 15.3. The van der Waals surface area contributed by atoms with E-state index in [4.69, 9.17) is 0 Å². The summed E-state index contributed by atoms with van der Waals surface area (Å²) in [5.74, 6) is -9.02. The van der Waals surface area contributed by atoms with E-state index in [9.17, 15) is 59.1 Å². The minimum Gasteiger partial charge on any atom is -0.478 e. The van der Waals surface area contributed by atoms with E-state index < -0.39 is 113 Å². The van der Waals surface area contributed by atoms with Gasteiger partial charge in [-0.3, -0.25) is 24.0 Å². The minimum atomic E-state index is -1.34. The third-order valence-electron chi connectivity index (χ3n) is 13.2. The number of nitrogens with one attached hydrogen (secondary N) is 3. The van der Waals surface area contributed by atoms with Crippen LogP contribution in [0, 0.1) is 23.7 Å². The number of nitrogens with zero attached hydrogens (tertiary/aromatic N) is 3. The van der Waals surface area contributed by atoms with E-state index in [1.165, 1.54) is 82.8 Å². The lowest BCUT2D eigenvalue weighted by Crippen LogP contribution is -2.64. The van der Waals surface area contributed by atoms with Gasteiger partial charge in [0.1, 0.15) is 17.4 Å². The number of amides is 5. The number of fused-ring (bicyclic) bond motifs is 2. The number of benzene rings is 2. The van der Waals surface area contributed by atoms with Crippen LogP contribution in [-0.4, -0.2) is 148 Å². The monoisotopic (exact) mass is 932 g/mol. The van der Waals surface area contributed by atoms with Crippen molar-refractivity contribution in [3.63, 3.8) is 0 Å². The number of carboxylic acids is 3. The lowest BCUT2D eigenvalue weighted by molar-refractivity contribution is -0.163. The lowest BCUT2D eigenvalue weighted by Gasteiger charge is -2.47. The Labute approximate surface area is 380 Å². The van der Waals surface area contributed by atoms with Gasteiger partial charge >= 0.3 is 17.9 Å². The average Bonchev–Trinajstić information content (AvgIpc) is 4.00. The predicted molar refractivity (Wildman–Crippen MR) is 235 cm³/mol. The van der Waals surface area contributed by atoms with Crippen LogP contribution in [0.1, 0.15) is 61.3 Å². The molecule has 8 N–H and O–H groups in total. The Kier molecular flexibility index (Phi) is 12.4. The van der Waals surface area contributed by atoms with E-state index >= 15 is 4.79 Å². The summed E-state index contributed by atoms with van der Waals surface area (Å²) in [7, 11) is 0. The summed E-state index contributed by atoms with van der Waals surface area (Å²) in [5.41, 5.74) is 0.163. The molecule has 6 aliphatic rings. The SMILES string of the molecule is C[C@@H](O)[C@H]1C(=O)N2C(C(=O)O)=C(S[C@@H]3C[C@@H](C(=O)Nc4cccc(C(=O)O)c4)N(C(=O)C4=C(S[C@@H]5CN[C@H](C(=O)Nc6cccc(C(=O)O)c6)C5)[C@H](C)[C@@H]5[C@@H]([C@@H](C)O)C(=O)N45)C3)[C@H](C)[C@H]12. The number of aromatic carboxylic acids is 2. The number of aliphatic hydroxyl groups excluding tert-OH is 2. The van der Waals surface area contributed by atoms with Crippen LogP contribution in [-0.2, 0) is 28.8 Å². The fourth-order valence-electron chi connectivity index (χ4n) is 10.1. The van der Waals surface area contributed by atoms with Crippen molar-refractivity contribution >= 4 is 82.3 Å². The minimum absolute atomic E-state index is 0.000117. The van der Waals surface area contributed by atoms with Crippen molar-refractivity contribution in [2.75, 3.05) is 23.7 Å². The Hall–Kier alpha value is -5.74. The molecule has 0 spiro atoms. The first kappa shape index (κ1) is 45.8. The summed E-state index contributed by atoms with van der Waals surface area (Å²) in [6, 6.07) is 8.31. The van der Waals surface area contributed by atoms with Crippen molar-refractivity contribution in [2.24, 2.45) is 23.7 Å². The molecule has 0 bridgehead atoms. The molecular formula is C44H48N6O13S2. The highest BCUT2D eigenvalue weighted by Gasteiger charge is 2.63. The zero-order valence-electron chi connectivity index (χ0n) is 35.5. The average molecular weight is 933 g/mol. The Morgan fingerprint density at radius 3 is 1.69 bits per heavy atom. The summed E-state index contributed by atoms with van der Waals surface area (Å²) in [6.45, 7) is 6.81. The molecule has 65 heavy (non-hydrogen) atoms. The van der Waals surface area contributed by atoms with Crippen LogP contribution in [0.5, 0.6) is 0 Å². The standard InChI is InChI=1S/C44H48N6O13S2/c1-17-31-29(19(3)51)39(55)49(31)33(35(17)64-25-13-27(45-15-25)37(53)46-23-9-5-7-21(11-23)42(58)59)41(57)48-16-26(14-28(48)38(54)47-24-10-6-8-22(12-24)43(60)61)65-36-18(2)32-30(20(4)52)40(56)50(32)34(36)44(62)63/h5-12,17-20,25-32,45,51-52H,13-16H2,1-4H3,(H,46,53)(H,47,54)(H,58,59)(H,60,61)(H,62,63)/t17-,18-,19-,20-,25+,26-,27+,28+,29-,30-,31-,32-/m1/s1. The summed E-state index contributed by atoms with van der Waals surface area (Å²) in [5, 5.41) is 58.2. The summed E-state index contributed by atoms with van der Waals surface area (Å²) in [6.07, 6.45) is -1.78. The fourth-order valence-corrected chi connectivity index (χ4v) is 13.1. The number of aliphatic hydroxyl groups is 2. The van der Waals surface area contributed by atoms with Crippen molar-refractivity contribution in [1.82, 2.24) is 20.0 Å². The van der Waals surface area contributed by atoms with Gasteiger partial charge in [-0.05, 0) is 63.1 Å². The number of thioether (sulfide) groups is 2. The van der Waals surface area contributed by atoms with Gasteiger partial charge in [0.05, 0.1) is 53.3 Å². The number of aliphatic carboxylic acids is 1. The van der Waals surface area contributed by atoms with Gasteiger partial charge in [-0.1, -0.05) is 26.0 Å². The second kappa shape index (κ2) is 17.6. The lowest BCUT2D eigenvalue weighted by atomic mass is 9.79. The molecule has 0 unspecified atom stereocenters. The summed E-state index contributed by atoms with van der Waals surface area (Å²) >= 11 is 2.45. The first-order valence-electron chi connectivity index (χ1n) is 21.2. The number of rotatable bonds is 14. The van der Waals surface area contributed by atoms with E-state index in [2.05, 4.69) is 16.0 Å². The molecule has 0 aromatic heterocycles. The second-order valence-corrected chi connectivity index (χ2v) is 20.1. The van der Waals surface area contributed by atoms with Crippen molar-refractivity contribution in [3.05, 3.63) is 80.9 Å². The fraction of sp³-hybridized carbons (Fsp3) is 0.455. The number of likely N-dealkylation sites (tertiary alicyclic amines) is 1. The Morgan fingerprint density at radius 2 is 1.18 bits per heavy atom. The zero-order chi connectivity index (χ0) is 46.9. The summed E-state index contributed by atoms with van der Waals surface area (Å²) < 4.78 is 0. The Morgan fingerprint density at radius 1 is 0.692 bits per heavy atom. The second-order valence-electron chi connectivity index (χ2n) is 17.4. The van der Waals surface area contributed by atoms with E-state index in [0.717, 1.165) is 11.8 Å². The van der Waals surface area contributed by atoms with Crippen molar-refractivity contribution in [2.45, 2.75) is 87.4 Å². The van der Waals surface area contributed by atoms with Crippen LogP contribution < -0.4 is 16.0 Å². The summed E-state index contributed by atoms with van der Waals surface area (Å²) in [4.78, 5) is 111. The predicted octanol–water partition coefficient (Wildman–Crippen LogP) is 2.05. The molecule has 4 saturated heterocycles. The molecule has 6 aliphatic heterocycles. The van der Waals surface area contributed by atoms with Gasteiger partial charge in [0.2, 0.25) is 23.6 Å². The van der Waals surface area contributed by atoms with Crippen molar-refractivity contribution < 1.29 is 63.9 Å². The van der Waals surface area contributed by atoms with Gasteiger partial charge < -0.3 is 56.2 Å². The van der Waals surface area contributed by atoms with Crippen molar-refractivity contribution in [3.8, 4) is 0 Å². The first-order chi connectivity index (χ1) is 30.8. The van der Waals surface area contributed by atoms with Gasteiger partial charge in [-0.25, -0.2) is 14.4 Å². The molecule has 8 rings (SSSR count).